The number of hydrogen-bond acceptors (Lipinski definition) is 6. The van der Waals surface area contributed by atoms with Crippen LogP contribution in [0.5, 0.6) is 5.75 Å². The van der Waals surface area contributed by atoms with E-state index in [4.69, 9.17) is 4.74 Å². The third-order valence-corrected chi connectivity index (χ3v) is 4.25. The molecule has 9 nitrogen and oxygen atoms in total. The van der Waals surface area contributed by atoms with Crippen molar-refractivity contribution in [3.63, 3.8) is 0 Å². The van der Waals surface area contributed by atoms with Gasteiger partial charge < -0.3 is 10.1 Å². The minimum Gasteiger partial charge on any atom is -0.481 e. The predicted octanol–water partition coefficient (Wildman–Crippen LogP) is 2.48. The molecule has 9 heteroatoms. The number of anilines is 1. The van der Waals surface area contributed by atoms with Gasteiger partial charge in [0.2, 0.25) is 0 Å². The number of nitro groups is 1. The fourth-order valence-electron chi connectivity index (χ4n) is 2.42. The highest BCUT2D eigenvalue weighted by atomic mass is 16.6. The van der Waals surface area contributed by atoms with Crippen LogP contribution in [0, 0.1) is 24.0 Å². The summed E-state index contributed by atoms with van der Waals surface area (Å²) < 4.78 is 5.65. The van der Waals surface area contributed by atoms with E-state index in [1.165, 1.54) is 12.1 Å². The molecule has 1 atom stereocenters. The van der Waals surface area contributed by atoms with Gasteiger partial charge in [-0.1, -0.05) is 12.1 Å². The van der Waals surface area contributed by atoms with Gasteiger partial charge in [-0.05, 0) is 50.1 Å². The molecular weight excluding hydrogens is 364 g/mol. The van der Waals surface area contributed by atoms with E-state index in [0.29, 0.717) is 5.75 Å². The van der Waals surface area contributed by atoms with E-state index in [2.05, 4.69) is 16.2 Å². The third kappa shape index (κ3) is 4.76. The Labute approximate surface area is 162 Å². The molecule has 28 heavy (non-hydrogen) atoms. The Morgan fingerprint density at radius 2 is 1.86 bits per heavy atom. The first-order valence-electron chi connectivity index (χ1n) is 8.53. The predicted molar refractivity (Wildman–Crippen MR) is 104 cm³/mol. The van der Waals surface area contributed by atoms with Crippen LogP contribution in [-0.2, 0) is 4.79 Å². The quantitative estimate of drug-likeness (QED) is 0.518. The normalized spacial score (nSPS) is 11.3. The third-order valence-electron chi connectivity index (χ3n) is 4.25. The van der Waals surface area contributed by atoms with Crippen LogP contribution < -0.4 is 20.9 Å². The molecule has 148 valence electrons. The van der Waals surface area contributed by atoms with Crippen molar-refractivity contribution in [3.05, 3.63) is 63.2 Å². The SMILES string of the molecule is CNc1ccc(C(=O)NNC(=O)[C@H](C)Oc2cccc(C)c2C)cc1[N+](=O)[O-]. The van der Waals surface area contributed by atoms with Crippen LogP contribution in [0.4, 0.5) is 11.4 Å². The summed E-state index contributed by atoms with van der Waals surface area (Å²) in [5.74, 6) is -0.666. The maximum atomic E-state index is 12.2. The highest BCUT2D eigenvalue weighted by Crippen LogP contribution is 2.25. The van der Waals surface area contributed by atoms with Crippen molar-refractivity contribution in [2.75, 3.05) is 12.4 Å². The fraction of sp³-hybridized carbons (Fsp3) is 0.263. The Bertz CT molecular complexity index is 913. The first-order valence-corrected chi connectivity index (χ1v) is 8.53. The van der Waals surface area contributed by atoms with E-state index >= 15 is 0 Å². The van der Waals surface area contributed by atoms with Gasteiger partial charge in [0.05, 0.1) is 4.92 Å². The number of amides is 2. The number of nitro benzene ring substituents is 1. The number of aryl methyl sites for hydroxylation is 1. The number of rotatable bonds is 6. The zero-order valence-corrected chi connectivity index (χ0v) is 16.0. The molecule has 0 bridgehead atoms. The van der Waals surface area contributed by atoms with Gasteiger partial charge in [-0.15, -0.1) is 0 Å². The topological polar surface area (TPSA) is 123 Å². The molecule has 2 rings (SSSR count). The van der Waals surface area contributed by atoms with Gasteiger partial charge >= 0.3 is 0 Å². The molecule has 0 saturated heterocycles. The van der Waals surface area contributed by atoms with Gasteiger partial charge in [-0.3, -0.25) is 30.6 Å². The minimum atomic E-state index is -0.859. The van der Waals surface area contributed by atoms with Crippen molar-refractivity contribution in [2.24, 2.45) is 0 Å². The molecule has 0 radical (unpaired) electrons. The van der Waals surface area contributed by atoms with E-state index in [9.17, 15) is 19.7 Å². The van der Waals surface area contributed by atoms with Crippen molar-refractivity contribution in [1.82, 2.24) is 10.9 Å². The number of nitrogens with one attached hydrogen (secondary N) is 3. The van der Waals surface area contributed by atoms with Gasteiger partial charge in [-0.25, -0.2) is 0 Å². The molecule has 2 amide bonds. The fourth-order valence-corrected chi connectivity index (χ4v) is 2.42. The average Bonchev–Trinajstić information content (AvgIpc) is 2.68. The lowest BCUT2D eigenvalue weighted by Crippen LogP contribution is -2.47. The van der Waals surface area contributed by atoms with Crippen LogP contribution in [0.1, 0.15) is 28.4 Å². The van der Waals surface area contributed by atoms with Crippen LogP contribution in [-0.4, -0.2) is 29.9 Å². The molecule has 0 fully saturated rings. The smallest absolute Gasteiger partial charge is 0.293 e. The van der Waals surface area contributed by atoms with Gasteiger partial charge in [0.1, 0.15) is 11.4 Å². The van der Waals surface area contributed by atoms with E-state index < -0.39 is 22.8 Å². The van der Waals surface area contributed by atoms with Gasteiger partial charge in [0, 0.05) is 18.7 Å². The molecular formula is C19H22N4O5. The van der Waals surface area contributed by atoms with Crippen molar-refractivity contribution in [2.45, 2.75) is 26.9 Å². The molecule has 0 saturated carbocycles. The van der Waals surface area contributed by atoms with Gasteiger partial charge in [-0.2, -0.15) is 0 Å². The lowest BCUT2D eigenvalue weighted by molar-refractivity contribution is -0.384. The molecule has 0 heterocycles. The van der Waals surface area contributed by atoms with Crippen LogP contribution in [0.25, 0.3) is 0 Å². The van der Waals surface area contributed by atoms with Crippen molar-refractivity contribution in [1.29, 1.82) is 0 Å². The van der Waals surface area contributed by atoms with Crippen LogP contribution in [0.15, 0.2) is 36.4 Å². The maximum Gasteiger partial charge on any atom is 0.293 e. The molecule has 0 aliphatic carbocycles. The monoisotopic (exact) mass is 386 g/mol. The molecule has 0 aliphatic heterocycles. The molecule has 0 aliphatic rings. The Morgan fingerprint density at radius 1 is 1.14 bits per heavy atom. The van der Waals surface area contributed by atoms with E-state index in [0.717, 1.165) is 17.2 Å². The zero-order chi connectivity index (χ0) is 20.8. The maximum absolute atomic E-state index is 12.2. The first kappa shape index (κ1) is 20.7. The summed E-state index contributed by atoms with van der Waals surface area (Å²) in [7, 11) is 1.54. The molecule has 0 aromatic heterocycles. The summed E-state index contributed by atoms with van der Waals surface area (Å²) in [6.07, 6.45) is -0.859. The number of ether oxygens (including phenoxy) is 1. The van der Waals surface area contributed by atoms with Crippen molar-refractivity contribution in [3.8, 4) is 5.75 Å². The average molecular weight is 386 g/mol. The Hall–Kier alpha value is -3.62. The van der Waals surface area contributed by atoms with E-state index in [1.54, 1.807) is 20.0 Å². The summed E-state index contributed by atoms with van der Waals surface area (Å²) >= 11 is 0. The number of hydrazine groups is 1. The highest BCUT2D eigenvalue weighted by molar-refractivity contribution is 5.97. The Balaban J connectivity index is 2.00. The summed E-state index contributed by atoms with van der Waals surface area (Å²) in [6, 6.07) is 9.48. The van der Waals surface area contributed by atoms with Gasteiger partial charge in [0.25, 0.3) is 17.5 Å². The van der Waals surface area contributed by atoms with Crippen LogP contribution >= 0.6 is 0 Å². The second-order valence-electron chi connectivity index (χ2n) is 6.14. The summed E-state index contributed by atoms with van der Waals surface area (Å²) in [4.78, 5) is 34.9. The molecule has 0 unspecified atom stereocenters. The summed E-state index contributed by atoms with van der Waals surface area (Å²) in [5.41, 5.74) is 6.52. The molecule has 2 aromatic rings. The second-order valence-corrected chi connectivity index (χ2v) is 6.14. The largest absolute Gasteiger partial charge is 0.481 e. The minimum absolute atomic E-state index is 0.0362. The summed E-state index contributed by atoms with van der Waals surface area (Å²) in [6.45, 7) is 5.38. The summed E-state index contributed by atoms with van der Waals surface area (Å²) in [5, 5.41) is 13.8. The van der Waals surface area contributed by atoms with E-state index in [-0.39, 0.29) is 16.9 Å². The standard InChI is InChI=1S/C19H22N4O5/c1-11-6-5-7-17(12(11)2)28-13(3)18(24)21-22-19(25)14-8-9-15(20-4)16(10-14)23(26)27/h5-10,13,20H,1-4H3,(H,21,24)(H,22,25)/t13-/m0/s1. The van der Waals surface area contributed by atoms with E-state index in [1.807, 2.05) is 26.0 Å². The number of carbonyl (C=O) groups excluding carboxylic acids is 2. The molecule has 0 spiro atoms. The highest BCUT2D eigenvalue weighted by Gasteiger charge is 2.19. The lowest BCUT2D eigenvalue weighted by atomic mass is 10.1. The molecule has 3 N–H and O–H groups in total. The Morgan fingerprint density at radius 3 is 2.50 bits per heavy atom. The lowest BCUT2D eigenvalue weighted by Gasteiger charge is -2.17. The molecule has 2 aromatic carbocycles. The van der Waals surface area contributed by atoms with Gasteiger partial charge in [0.15, 0.2) is 6.10 Å². The number of benzene rings is 2. The number of carbonyl (C=O) groups is 2. The van der Waals surface area contributed by atoms with Crippen molar-refractivity contribution >= 4 is 23.2 Å². The van der Waals surface area contributed by atoms with Crippen LogP contribution in [0.3, 0.4) is 0 Å². The zero-order valence-electron chi connectivity index (χ0n) is 16.0. The first-order chi connectivity index (χ1) is 13.2. The number of nitrogens with zero attached hydrogens (tertiary/aromatic N) is 1. The number of hydrogen-bond donors (Lipinski definition) is 3. The second kappa shape index (κ2) is 8.85. The van der Waals surface area contributed by atoms with Crippen LogP contribution in [0.2, 0.25) is 0 Å². The Kier molecular flexibility index (Phi) is 6.54. The van der Waals surface area contributed by atoms with Crippen molar-refractivity contribution < 1.29 is 19.2 Å².